The van der Waals surface area contributed by atoms with Crippen LogP contribution in [0.1, 0.15) is 0 Å². The average molecular weight is 366 g/mol. The van der Waals surface area contributed by atoms with E-state index in [0.717, 1.165) is 11.5 Å². The lowest BCUT2D eigenvalue weighted by atomic mass is 10.3. The van der Waals surface area contributed by atoms with Crippen LogP contribution in [0.4, 0.5) is 10.8 Å². The second kappa shape index (κ2) is 5.27. The molecule has 2 aromatic rings. The number of hydrogen-bond donors (Lipinski definition) is 2. The van der Waals surface area contributed by atoms with E-state index in [2.05, 4.69) is 35.5 Å². The molecule has 0 saturated carbocycles. The number of nitrogens with zero attached hydrogens (tertiary/aromatic N) is 3. The number of nitrogens with one attached hydrogen (secondary N) is 1. The van der Waals surface area contributed by atoms with E-state index >= 15 is 0 Å². The number of anilines is 2. The van der Waals surface area contributed by atoms with Crippen molar-refractivity contribution in [1.29, 1.82) is 0 Å². The maximum atomic E-state index is 12.2. The molecule has 11 heteroatoms. The first-order chi connectivity index (χ1) is 8.94. The maximum Gasteiger partial charge on any atom is 0.267 e. The normalized spacial score (nSPS) is 11.3. The van der Waals surface area contributed by atoms with E-state index in [-0.39, 0.29) is 21.5 Å². The minimum Gasteiger partial charge on any atom is -0.495 e. The highest BCUT2D eigenvalue weighted by atomic mass is 79.9. The quantitative estimate of drug-likeness (QED) is 0.777. The summed E-state index contributed by atoms with van der Waals surface area (Å²) in [6, 6.07) is 2.77. The van der Waals surface area contributed by atoms with Gasteiger partial charge in [0.2, 0.25) is 5.13 Å². The number of rotatable bonds is 4. The lowest BCUT2D eigenvalue weighted by Crippen LogP contribution is -2.14. The Bertz CT molecular complexity index is 689. The topological polar surface area (TPSA) is 120 Å². The van der Waals surface area contributed by atoms with Crippen molar-refractivity contribution in [1.82, 2.24) is 14.8 Å². The monoisotopic (exact) mass is 365 g/mol. The molecule has 8 nitrogen and oxygen atoms in total. The molecule has 102 valence electrons. The Morgan fingerprint density at radius 3 is 2.79 bits per heavy atom. The number of nitrogens with two attached hydrogens (primary N) is 1. The Morgan fingerprint density at radius 1 is 1.47 bits per heavy atom. The van der Waals surface area contributed by atoms with E-state index in [1.165, 1.54) is 19.2 Å². The van der Waals surface area contributed by atoms with E-state index in [9.17, 15) is 8.42 Å². The third-order valence-corrected chi connectivity index (χ3v) is 4.78. The standard InChI is InChI=1S/C8H8BrN5O3S2/c1-17-6-2-4(9)5(10)3-7(6)19(15,16)12-8-11-13-14-18-8/h2-3H,10H2,1H3,(H,11,12,14). The van der Waals surface area contributed by atoms with Gasteiger partial charge < -0.3 is 10.5 Å². The first kappa shape index (κ1) is 14.0. The van der Waals surface area contributed by atoms with Gasteiger partial charge in [-0.15, -0.1) is 0 Å². The summed E-state index contributed by atoms with van der Waals surface area (Å²) in [5, 5.41) is 6.87. The van der Waals surface area contributed by atoms with Crippen molar-refractivity contribution in [2.45, 2.75) is 4.90 Å². The molecule has 0 saturated heterocycles. The highest BCUT2D eigenvalue weighted by Gasteiger charge is 2.22. The minimum atomic E-state index is -3.87. The SMILES string of the molecule is COc1cc(Br)c(N)cc1S(=O)(=O)Nc1nnns1. The van der Waals surface area contributed by atoms with Crippen molar-refractivity contribution in [2.24, 2.45) is 0 Å². The summed E-state index contributed by atoms with van der Waals surface area (Å²) in [6.45, 7) is 0. The highest BCUT2D eigenvalue weighted by molar-refractivity contribution is 9.10. The van der Waals surface area contributed by atoms with Crippen LogP contribution in [0.5, 0.6) is 5.75 Å². The number of benzene rings is 1. The van der Waals surface area contributed by atoms with Crippen LogP contribution in [0.3, 0.4) is 0 Å². The number of nitrogen functional groups attached to an aromatic ring is 1. The van der Waals surface area contributed by atoms with Crippen LogP contribution in [0, 0.1) is 0 Å². The molecule has 1 heterocycles. The van der Waals surface area contributed by atoms with Gasteiger partial charge in [0.25, 0.3) is 10.0 Å². The third-order valence-electron chi connectivity index (χ3n) is 2.09. The fourth-order valence-corrected chi connectivity index (χ4v) is 3.36. The van der Waals surface area contributed by atoms with Crippen LogP contribution < -0.4 is 15.2 Å². The van der Waals surface area contributed by atoms with Crippen molar-refractivity contribution in [3.8, 4) is 5.75 Å². The van der Waals surface area contributed by atoms with Gasteiger partial charge in [0, 0.05) is 21.7 Å². The lowest BCUT2D eigenvalue weighted by molar-refractivity contribution is 0.402. The van der Waals surface area contributed by atoms with Crippen molar-refractivity contribution in [3.63, 3.8) is 0 Å². The molecule has 2 rings (SSSR count). The summed E-state index contributed by atoms with van der Waals surface area (Å²) in [5.41, 5.74) is 5.96. The van der Waals surface area contributed by atoms with Gasteiger partial charge in [-0.3, -0.25) is 4.72 Å². The van der Waals surface area contributed by atoms with E-state index < -0.39 is 10.0 Å². The third kappa shape index (κ3) is 2.93. The first-order valence-electron chi connectivity index (χ1n) is 4.75. The second-order valence-electron chi connectivity index (χ2n) is 3.30. The molecule has 3 N–H and O–H groups in total. The molecule has 1 aromatic heterocycles. The summed E-state index contributed by atoms with van der Waals surface area (Å²) < 4.78 is 35.7. The second-order valence-corrected chi connectivity index (χ2v) is 6.54. The van der Waals surface area contributed by atoms with E-state index in [1.807, 2.05) is 0 Å². The van der Waals surface area contributed by atoms with Crippen molar-refractivity contribution >= 4 is 48.3 Å². The van der Waals surface area contributed by atoms with Gasteiger partial charge in [-0.1, -0.05) is 9.59 Å². The van der Waals surface area contributed by atoms with Gasteiger partial charge in [-0.05, 0) is 33.3 Å². The summed E-state index contributed by atoms with van der Waals surface area (Å²) >= 11 is 4.02. The maximum absolute atomic E-state index is 12.2. The van der Waals surface area contributed by atoms with Gasteiger partial charge in [-0.25, -0.2) is 8.42 Å². The molecule has 0 spiro atoms. The van der Waals surface area contributed by atoms with Crippen LogP contribution in [0.2, 0.25) is 0 Å². The first-order valence-corrected chi connectivity index (χ1v) is 7.80. The zero-order valence-corrected chi connectivity index (χ0v) is 12.7. The number of sulfonamides is 1. The van der Waals surface area contributed by atoms with Crippen LogP contribution in [0.25, 0.3) is 0 Å². The summed E-state index contributed by atoms with van der Waals surface area (Å²) in [6.07, 6.45) is 0. The van der Waals surface area contributed by atoms with Crippen LogP contribution in [0.15, 0.2) is 21.5 Å². The summed E-state index contributed by atoms with van der Waals surface area (Å²) in [7, 11) is -2.51. The van der Waals surface area contributed by atoms with E-state index in [1.54, 1.807) is 0 Å². The molecule has 0 aliphatic rings. The Balaban J connectivity index is 2.48. The zero-order valence-electron chi connectivity index (χ0n) is 9.49. The molecular weight excluding hydrogens is 358 g/mol. The number of ether oxygens (including phenoxy) is 1. The number of aromatic nitrogens is 3. The van der Waals surface area contributed by atoms with Crippen LogP contribution in [-0.2, 0) is 10.0 Å². The van der Waals surface area contributed by atoms with Gasteiger partial charge in [0.05, 0.1) is 7.11 Å². The minimum absolute atomic E-state index is 0.0588. The molecule has 0 radical (unpaired) electrons. The molecule has 0 bridgehead atoms. The zero-order chi connectivity index (χ0) is 14.0. The molecular formula is C8H8BrN5O3S2. The fourth-order valence-electron chi connectivity index (χ4n) is 1.26. The smallest absolute Gasteiger partial charge is 0.267 e. The van der Waals surface area contributed by atoms with Gasteiger partial charge in [0.15, 0.2) is 0 Å². The Labute approximate surface area is 121 Å². The molecule has 1 aromatic carbocycles. The van der Waals surface area contributed by atoms with Crippen molar-refractivity contribution in [2.75, 3.05) is 17.6 Å². The van der Waals surface area contributed by atoms with E-state index in [4.69, 9.17) is 10.5 Å². The predicted octanol–water partition coefficient (Wildman–Crippen LogP) is 1.09. The number of methoxy groups -OCH3 is 1. The average Bonchev–Trinajstić information content (AvgIpc) is 2.84. The molecule has 0 aliphatic carbocycles. The largest absolute Gasteiger partial charge is 0.495 e. The Morgan fingerprint density at radius 2 is 2.21 bits per heavy atom. The molecule has 0 atom stereocenters. The molecule has 0 unspecified atom stereocenters. The number of hydrogen-bond acceptors (Lipinski definition) is 8. The van der Waals surface area contributed by atoms with Crippen molar-refractivity contribution < 1.29 is 13.2 Å². The van der Waals surface area contributed by atoms with E-state index in [0.29, 0.717) is 4.47 Å². The Kier molecular flexibility index (Phi) is 3.87. The van der Waals surface area contributed by atoms with Gasteiger partial charge >= 0.3 is 0 Å². The lowest BCUT2D eigenvalue weighted by Gasteiger charge is -2.11. The fraction of sp³-hybridized carbons (Fsp3) is 0.125. The van der Waals surface area contributed by atoms with Crippen LogP contribution in [-0.4, -0.2) is 30.3 Å². The summed E-state index contributed by atoms with van der Waals surface area (Å²) in [4.78, 5) is -0.0918. The van der Waals surface area contributed by atoms with Crippen LogP contribution >= 0.6 is 27.5 Å². The number of halogens is 1. The molecule has 0 fully saturated rings. The van der Waals surface area contributed by atoms with Gasteiger partial charge in [-0.2, -0.15) is 0 Å². The molecule has 0 aliphatic heterocycles. The highest BCUT2D eigenvalue weighted by Crippen LogP contribution is 2.33. The molecule has 0 amide bonds. The Hall–Kier alpha value is -1.46. The summed E-state index contributed by atoms with van der Waals surface area (Å²) in [5.74, 6) is 0.158. The molecule has 19 heavy (non-hydrogen) atoms. The predicted molar refractivity (Wildman–Crippen MR) is 73.6 cm³/mol. The van der Waals surface area contributed by atoms with Gasteiger partial charge in [0.1, 0.15) is 10.6 Å². The van der Waals surface area contributed by atoms with Crippen molar-refractivity contribution in [3.05, 3.63) is 16.6 Å².